The highest BCUT2D eigenvalue weighted by molar-refractivity contribution is 9.10. The second kappa shape index (κ2) is 5.29. The Labute approximate surface area is 126 Å². The summed E-state index contributed by atoms with van der Waals surface area (Å²) in [4.78, 5) is 4.58. The van der Waals surface area contributed by atoms with Gasteiger partial charge in [-0.25, -0.2) is 4.98 Å². The lowest BCUT2D eigenvalue weighted by molar-refractivity contribution is 0.984. The number of nitrogens with zero attached hydrogens (tertiary/aromatic N) is 2. The van der Waals surface area contributed by atoms with Crippen molar-refractivity contribution in [2.75, 3.05) is 5.32 Å². The van der Waals surface area contributed by atoms with Gasteiger partial charge in [0.15, 0.2) is 0 Å². The van der Waals surface area contributed by atoms with Crippen LogP contribution >= 0.6 is 15.9 Å². The quantitative estimate of drug-likeness (QED) is 0.775. The molecule has 0 aliphatic heterocycles. The molecule has 0 aliphatic carbocycles. The van der Waals surface area contributed by atoms with E-state index in [0.717, 1.165) is 28.0 Å². The van der Waals surface area contributed by atoms with Crippen LogP contribution in [0.15, 0.2) is 47.1 Å². The van der Waals surface area contributed by atoms with Crippen molar-refractivity contribution < 1.29 is 0 Å². The molecule has 0 radical (unpaired) electrons. The monoisotopic (exact) mass is 329 g/mol. The Balaban J connectivity index is 1.88. The van der Waals surface area contributed by atoms with Crippen LogP contribution in [0.2, 0.25) is 0 Å². The molecule has 0 saturated heterocycles. The minimum Gasteiger partial charge on any atom is -0.379 e. The minimum absolute atomic E-state index is 0.763. The molecule has 3 rings (SSSR count). The lowest BCUT2D eigenvalue weighted by Gasteiger charge is -2.10. The third-order valence-electron chi connectivity index (χ3n) is 3.46. The molecule has 20 heavy (non-hydrogen) atoms. The Kier molecular flexibility index (Phi) is 3.49. The van der Waals surface area contributed by atoms with Crippen molar-refractivity contribution in [2.24, 2.45) is 0 Å². The first-order valence-electron chi connectivity index (χ1n) is 6.58. The van der Waals surface area contributed by atoms with Gasteiger partial charge < -0.3 is 9.72 Å². The Hall–Kier alpha value is -1.81. The molecule has 2 heterocycles. The van der Waals surface area contributed by atoms with Crippen molar-refractivity contribution in [3.05, 3.63) is 64.0 Å². The molecule has 0 atom stereocenters. The van der Waals surface area contributed by atoms with E-state index >= 15 is 0 Å². The van der Waals surface area contributed by atoms with Crippen molar-refractivity contribution in [3.8, 4) is 0 Å². The number of anilines is 1. The maximum Gasteiger partial charge on any atom is 0.137 e. The molecule has 4 heteroatoms. The van der Waals surface area contributed by atoms with Crippen LogP contribution in [0.5, 0.6) is 0 Å². The fourth-order valence-electron chi connectivity index (χ4n) is 2.38. The molecule has 1 aromatic carbocycles. The normalized spacial score (nSPS) is 10.9. The maximum atomic E-state index is 4.58. The fourth-order valence-corrected chi connectivity index (χ4v) is 2.86. The summed E-state index contributed by atoms with van der Waals surface area (Å²) in [5.74, 6) is 0. The standard InChI is InChI=1S/C16H16BrN3/c1-11-9-13(17)6-7-14(11)18-10-15-12(2)19-16-5-3-4-8-20(15)16/h3-9,18H,10H2,1-2H3. The van der Waals surface area contributed by atoms with Gasteiger partial charge >= 0.3 is 0 Å². The number of rotatable bonds is 3. The zero-order valence-corrected chi connectivity index (χ0v) is 13.1. The summed E-state index contributed by atoms with van der Waals surface area (Å²) >= 11 is 3.49. The smallest absolute Gasteiger partial charge is 0.137 e. The Morgan fingerprint density at radius 1 is 1.20 bits per heavy atom. The Morgan fingerprint density at radius 3 is 2.85 bits per heavy atom. The third kappa shape index (κ3) is 2.43. The van der Waals surface area contributed by atoms with Crippen molar-refractivity contribution in [1.82, 2.24) is 9.38 Å². The summed E-state index contributed by atoms with van der Waals surface area (Å²) in [7, 11) is 0. The molecule has 102 valence electrons. The van der Waals surface area contributed by atoms with Gasteiger partial charge in [0.2, 0.25) is 0 Å². The number of imidazole rings is 1. The minimum atomic E-state index is 0.763. The van der Waals surface area contributed by atoms with Crippen molar-refractivity contribution >= 4 is 27.3 Å². The van der Waals surface area contributed by atoms with Crippen LogP contribution in [-0.4, -0.2) is 9.38 Å². The first-order chi connectivity index (χ1) is 9.65. The van der Waals surface area contributed by atoms with Crippen LogP contribution in [0, 0.1) is 13.8 Å². The lowest BCUT2D eigenvalue weighted by atomic mass is 10.2. The topological polar surface area (TPSA) is 29.3 Å². The number of hydrogen-bond acceptors (Lipinski definition) is 2. The summed E-state index contributed by atoms with van der Waals surface area (Å²) in [5, 5.41) is 3.49. The van der Waals surface area contributed by atoms with E-state index in [4.69, 9.17) is 0 Å². The number of pyridine rings is 1. The van der Waals surface area contributed by atoms with Gasteiger partial charge in [0, 0.05) is 16.4 Å². The van der Waals surface area contributed by atoms with Gasteiger partial charge in [-0.1, -0.05) is 22.0 Å². The number of aryl methyl sites for hydroxylation is 2. The molecule has 0 bridgehead atoms. The van der Waals surface area contributed by atoms with Crippen molar-refractivity contribution in [3.63, 3.8) is 0 Å². The molecule has 0 saturated carbocycles. The second-order valence-electron chi connectivity index (χ2n) is 4.89. The molecule has 2 aromatic heterocycles. The maximum absolute atomic E-state index is 4.58. The second-order valence-corrected chi connectivity index (χ2v) is 5.80. The van der Waals surface area contributed by atoms with Crippen LogP contribution in [0.1, 0.15) is 17.0 Å². The highest BCUT2D eigenvalue weighted by Crippen LogP contribution is 2.21. The number of fused-ring (bicyclic) bond motifs is 1. The zero-order valence-electron chi connectivity index (χ0n) is 11.5. The van der Waals surface area contributed by atoms with Gasteiger partial charge in [0.25, 0.3) is 0 Å². The molecular weight excluding hydrogens is 314 g/mol. The van der Waals surface area contributed by atoms with Crippen LogP contribution in [0.4, 0.5) is 5.69 Å². The summed E-state index contributed by atoms with van der Waals surface area (Å²) in [5.41, 5.74) is 5.64. The van der Waals surface area contributed by atoms with E-state index in [1.807, 2.05) is 18.2 Å². The molecule has 3 aromatic rings. The average Bonchev–Trinajstić information content (AvgIpc) is 2.74. The van der Waals surface area contributed by atoms with Gasteiger partial charge in [-0.05, 0) is 49.7 Å². The first-order valence-corrected chi connectivity index (χ1v) is 7.37. The third-order valence-corrected chi connectivity index (χ3v) is 3.96. The lowest BCUT2D eigenvalue weighted by Crippen LogP contribution is -2.05. The predicted molar refractivity (Wildman–Crippen MR) is 86.1 cm³/mol. The predicted octanol–water partition coefficient (Wildman–Crippen LogP) is 4.33. The largest absolute Gasteiger partial charge is 0.379 e. The summed E-state index contributed by atoms with van der Waals surface area (Å²) < 4.78 is 3.24. The number of aromatic nitrogens is 2. The molecule has 0 spiro atoms. The van der Waals surface area contributed by atoms with Crippen LogP contribution in [0.25, 0.3) is 5.65 Å². The molecule has 0 fully saturated rings. The van der Waals surface area contributed by atoms with Gasteiger partial charge in [-0.15, -0.1) is 0 Å². The van der Waals surface area contributed by atoms with E-state index in [1.54, 1.807) is 0 Å². The van der Waals surface area contributed by atoms with Crippen LogP contribution in [0.3, 0.4) is 0 Å². The number of halogens is 1. The summed E-state index contributed by atoms with van der Waals surface area (Å²) in [6, 6.07) is 12.3. The molecule has 1 N–H and O–H groups in total. The summed E-state index contributed by atoms with van der Waals surface area (Å²) in [6.07, 6.45) is 2.06. The average molecular weight is 330 g/mol. The zero-order chi connectivity index (χ0) is 14.1. The van der Waals surface area contributed by atoms with Crippen molar-refractivity contribution in [2.45, 2.75) is 20.4 Å². The molecule has 3 nitrogen and oxygen atoms in total. The highest BCUT2D eigenvalue weighted by Gasteiger charge is 2.08. The molecular formula is C16H16BrN3. The van der Waals surface area contributed by atoms with E-state index in [-0.39, 0.29) is 0 Å². The summed E-state index contributed by atoms with van der Waals surface area (Å²) in [6.45, 7) is 4.92. The van der Waals surface area contributed by atoms with Gasteiger partial charge in [-0.3, -0.25) is 0 Å². The number of nitrogens with one attached hydrogen (secondary N) is 1. The van der Waals surface area contributed by atoms with Crippen LogP contribution in [-0.2, 0) is 6.54 Å². The van der Waals surface area contributed by atoms with E-state index < -0.39 is 0 Å². The van der Waals surface area contributed by atoms with Gasteiger partial charge in [0.05, 0.1) is 17.9 Å². The molecule has 0 amide bonds. The molecule has 0 unspecified atom stereocenters. The molecule has 0 aliphatic rings. The van der Waals surface area contributed by atoms with Crippen molar-refractivity contribution in [1.29, 1.82) is 0 Å². The fraction of sp³-hybridized carbons (Fsp3) is 0.188. The van der Waals surface area contributed by atoms with Gasteiger partial charge in [-0.2, -0.15) is 0 Å². The van der Waals surface area contributed by atoms with Gasteiger partial charge in [0.1, 0.15) is 5.65 Å². The Bertz CT molecular complexity index is 762. The van der Waals surface area contributed by atoms with E-state index in [1.165, 1.54) is 11.3 Å². The van der Waals surface area contributed by atoms with Crippen LogP contribution < -0.4 is 5.32 Å². The Morgan fingerprint density at radius 2 is 2.05 bits per heavy atom. The van der Waals surface area contributed by atoms with E-state index in [9.17, 15) is 0 Å². The van der Waals surface area contributed by atoms with E-state index in [0.29, 0.717) is 0 Å². The SMILES string of the molecule is Cc1cc(Br)ccc1NCc1c(C)nc2ccccn12. The number of hydrogen-bond donors (Lipinski definition) is 1. The highest BCUT2D eigenvalue weighted by atomic mass is 79.9. The van der Waals surface area contributed by atoms with E-state index in [2.05, 4.69) is 68.9 Å². The number of benzene rings is 1. The first kappa shape index (κ1) is 13.2.